The minimum atomic E-state index is -0.490. The van der Waals surface area contributed by atoms with Crippen LogP contribution in [0.25, 0.3) is 0 Å². The lowest BCUT2D eigenvalue weighted by Crippen LogP contribution is -2.33. The zero-order valence-corrected chi connectivity index (χ0v) is 12.3. The van der Waals surface area contributed by atoms with Crippen molar-refractivity contribution in [1.82, 2.24) is 0 Å². The summed E-state index contributed by atoms with van der Waals surface area (Å²) in [4.78, 5) is 14.0. The highest BCUT2D eigenvalue weighted by atomic mass is 32.1. The first-order valence-electron chi connectivity index (χ1n) is 6.59. The number of hydrogen-bond donors (Lipinski definition) is 2. The Hall–Kier alpha value is -1.43. The number of primary amides is 1. The minimum absolute atomic E-state index is 0.368. The molecular formula is C13H21N3O2S. The third-order valence-electron chi connectivity index (χ3n) is 3.79. The Morgan fingerprint density at radius 1 is 1.47 bits per heavy atom. The van der Waals surface area contributed by atoms with Gasteiger partial charge < -0.3 is 21.1 Å². The summed E-state index contributed by atoms with van der Waals surface area (Å²) in [6.07, 6.45) is 3.57. The second kappa shape index (κ2) is 5.69. The molecule has 0 aromatic carbocycles. The van der Waals surface area contributed by atoms with E-state index in [0.29, 0.717) is 16.3 Å². The van der Waals surface area contributed by atoms with Gasteiger partial charge in [-0.1, -0.05) is 13.3 Å². The van der Waals surface area contributed by atoms with E-state index in [-0.39, 0.29) is 0 Å². The normalized spacial score (nSPS) is 16.6. The molecule has 0 spiro atoms. The average Bonchev–Trinajstić information content (AvgIpc) is 2.76. The third-order valence-corrected chi connectivity index (χ3v) is 5.05. The summed E-state index contributed by atoms with van der Waals surface area (Å²) in [7, 11) is 1.57. The second-order valence-electron chi connectivity index (χ2n) is 4.89. The fourth-order valence-electron chi connectivity index (χ4n) is 2.55. The highest BCUT2D eigenvalue weighted by molar-refractivity contribution is 7.19. The van der Waals surface area contributed by atoms with E-state index in [9.17, 15) is 4.79 Å². The SMILES string of the molecule is CCC1CCN(c2sc(C(N)=O)c(N)c2OC)CC1. The lowest BCUT2D eigenvalue weighted by molar-refractivity contribution is 0.100. The van der Waals surface area contributed by atoms with Crippen molar-refractivity contribution in [1.29, 1.82) is 0 Å². The van der Waals surface area contributed by atoms with Crippen LogP contribution in [-0.4, -0.2) is 26.1 Å². The monoisotopic (exact) mass is 283 g/mol. The smallest absolute Gasteiger partial charge is 0.261 e. The van der Waals surface area contributed by atoms with Gasteiger partial charge in [-0.25, -0.2) is 0 Å². The standard InChI is InChI=1S/C13H21N3O2S/c1-3-8-4-6-16(7-5-8)13-10(18-2)9(14)11(19-13)12(15)17/h8H,3-7,14H2,1-2H3,(H2,15,17). The van der Waals surface area contributed by atoms with Crippen molar-refractivity contribution in [2.45, 2.75) is 26.2 Å². The van der Waals surface area contributed by atoms with Crippen molar-refractivity contribution in [3.63, 3.8) is 0 Å². The van der Waals surface area contributed by atoms with Crippen molar-refractivity contribution >= 4 is 27.9 Å². The molecule has 19 heavy (non-hydrogen) atoms. The fraction of sp³-hybridized carbons (Fsp3) is 0.615. The van der Waals surface area contributed by atoms with Crippen molar-refractivity contribution in [2.24, 2.45) is 11.7 Å². The van der Waals surface area contributed by atoms with E-state index in [1.165, 1.54) is 30.6 Å². The van der Waals surface area contributed by atoms with Crippen LogP contribution in [0.4, 0.5) is 10.7 Å². The molecule has 4 N–H and O–H groups in total. The van der Waals surface area contributed by atoms with Gasteiger partial charge in [-0.2, -0.15) is 0 Å². The van der Waals surface area contributed by atoms with Gasteiger partial charge in [-0.15, -0.1) is 11.3 Å². The van der Waals surface area contributed by atoms with Gasteiger partial charge in [0.15, 0.2) is 5.75 Å². The summed E-state index contributed by atoms with van der Waals surface area (Å²) >= 11 is 1.34. The number of nitrogens with zero attached hydrogens (tertiary/aromatic N) is 1. The molecule has 1 fully saturated rings. The maximum atomic E-state index is 11.4. The van der Waals surface area contributed by atoms with E-state index >= 15 is 0 Å². The topological polar surface area (TPSA) is 81.6 Å². The van der Waals surface area contributed by atoms with Gasteiger partial charge in [0, 0.05) is 13.1 Å². The molecule has 1 saturated heterocycles. The van der Waals surface area contributed by atoms with Gasteiger partial charge in [-0.3, -0.25) is 4.79 Å². The second-order valence-corrected chi connectivity index (χ2v) is 5.89. The van der Waals surface area contributed by atoms with Gasteiger partial charge in [0.1, 0.15) is 15.6 Å². The molecule has 0 aliphatic carbocycles. The van der Waals surface area contributed by atoms with Crippen molar-refractivity contribution in [3.05, 3.63) is 4.88 Å². The van der Waals surface area contributed by atoms with Crippen LogP contribution < -0.4 is 21.1 Å². The zero-order chi connectivity index (χ0) is 14.0. The number of nitrogen functional groups attached to an aromatic ring is 1. The number of thiophene rings is 1. The Labute approximate surface area is 117 Å². The van der Waals surface area contributed by atoms with Crippen LogP contribution >= 0.6 is 11.3 Å². The zero-order valence-electron chi connectivity index (χ0n) is 11.4. The van der Waals surface area contributed by atoms with Crippen molar-refractivity contribution in [3.8, 4) is 5.75 Å². The molecule has 1 aliphatic heterocycles. The molecule has 0 radical (unpaired) electrons. The molecule has 1 aromatic rings. The molecule has 0 atom stereocenters. The van der Waals surface area contributed by atoms with E-state index in [4.69, 9.17) is 16.2 Å². The Morgan fingerprint density at radius 3 is 2.58 bits per heavy atom. The maximum Gasteiger partial charge on any atom is 0.261 e. The summed E-state index contributed by atoms with van der Waals surface area (Å²) in [6, 6.07) is 0. The predicted molar refractivity (Wildman–Crippen MR) is 79.0 cm³/mol. The first-order valence-corrected chi connectivity index (χ1v) is 7.41. The number of nitrogens with two attached hydrogens (primary N) is 2. The molecule has 2 rings (SSSR count). The Kier molecular flexibility index (Phi) is 4.19. The molecule has 106 valence electrons. The number of anilines is 2. The number of carbonyl (C=O) groups is 1. The number of rotatable bonds is 4. The highest BCUT2D eigenvalue weighted by Crippen LogP contribution is 2.45. The lowest BCUT2D eigenvalue weighted by atomic mass is 9.94. The molecule has 1 aromatic heterocycles. The van der Waals surface area contributed by atoms with E-state index in [2.05, 4.69) is 11.8 Å². The quantitative estimate of drug-likeness (QED) is 0.886. The minimum Gasteiger partial charge on any atom is -0.492 e. The van der Waals surface area contributed by atoms with Gasteiger partial charge in [0.25, 0.3) is 5.91 Å². The molecular weight excluding hydrogens is 262 g/mol. The number of ether oxygens (including phenoxy) is 1. The largest absolute Gasteiger partial charge is 0.492 e. The van der Waals surface area contributed by atoms with Crippen LogP contribution in [0, 0.1) is 5.92 Å². The van der Waals surface area contributed by atoms with E-state index in [1.54, 1.807) is 7.11 Å². The van der Waals surface area contributed by atoms with Crippen LogP contribution in [0.2, 0.25) is 0 Å². The number of methoxy groups -OCH3 is 1. The van der Waals surface area contributed by atoms with E-state index in [0.717, 1.165) is 24.0 Å². The van der Waals surface area contributed by atoms with Gasteiger partial charge in [-0.05, 0) is 18.8 Å². The van der Waals surface area contributed by atoms with Gasteiger partial charge in [0.05, 0.1) is 7.11 Å². The molecule has 6 heteroatoms. The molecule has 0 bridgehead atoms. The predicted octanol–water partition coefficient (Wildman–Crippen LogP) is 2.06. The maximum absolute atomic E-state index is 11.4. The molecule has 0 unspecified atom stereocenters. The first-order chi connectivity index (χ1) is 9.08. The van der Waals surface area contributed by atoms with Crippen LogP contribution in [0.3, 0.4) is 0 Å². The average molecular weight is 283 g/mol. The number of amides is 1. The Balaban J connectivity index is 2.25. The van der Waals surface area contributed by atoms with Crippen LogP contribution in [-0.2, 0) is 0 Å². The third kappa shape index (κ3) is 2.63. The molecule has 1 aliphatic rings. The summed E-state index contributed by atoms with van der Waals surface area (Å²) < 4.78 is 5.35. The Bertz CT molecular complexity index is 465. The first kappa shape index (κ1) is 14.0. The molecule has 2 heterocycles. The fourth-order valence-corrected chi connectivity index (χ4v) is 3.64. The summed E-state index contributed by atoms with van der Waals surface area (Å²) in [5.74, 6) is 0.902. The van der Waals surface area contributed by atoms with E-state index < -0.39 is 5.91 Å². The molecule has 1 amide bonds. The van der Waals surface area contributed by atoms with Crippen LogP contribution in [0.15, 0.2) is 0 Å². The number of piperidine rings is 1. The summed E-state index contributed by atoms with van der Waals surface area (Å²) in [6.45, 7) is 4.19. The van der Waals surface area contributed by atoms with Crippen molar-refractivity contribution in [2.75, 3.05) is 30.8 Å². The highest BCUT2D eigenvalue weighted by Gasteiger charge is 2.26. The van der Waals surface area contributed by atoms with E-state index in [1.807, 2.05) is 0 Å². The Morgan fingerprint density at radius 2 is 2.11 bits per heavy atom. The number of hydrogen-bond acceptors (Lipinski definition) is 5. The molecule has 0 saturated carbocycles. The van der Waals surface area contributed by atoms with Gasteiger partial charge in [0.2, 0.25) is 0 Å². The lowest BCUT2D eigenvalue weighted by Gasteiger charge is -2.32. The number of carbonyl (C=O) groups excluding carboxylic acids is 1. The van der Waals surface area contributed by atoms with Crippen LogP contribution in [0.5, 0.6) is 5.75 Å². The van der Waals surface area contributed by atoms with Crippen molar-refractivity contribution < 1.29 is 9.53 Å². The molecule has 5 nitrogen and oxygen atoms in total. The van der Waals surface area contributed by atoms with Gasteiger partial charge >= 0.3 is 0 Å². The summed E-state index contributed by atoms with van der Waals surface area (Å²) in [5, 5.41) is 0.934. The summed E-state index contributed by atoms with van der Waals surface area (Å²) in [5.41, 5.74) is 11.6. The van der Waals surface area contributed by atoms with Crippen LogP contribution in [0.1, 0.15) is 35.9 Å².